The standard InChI is InChI=1S/C12H16O5S/c1-16-10-6-4-5-9(7-10)11(12(13)17-2)8-18(3,14)15/h4-7,11H,8H2,1-3H3. The van der Waals surface area contributed by atoms with Crippen LogP contribution in [0, 0.1) is 0 Å². The van der Waals surface area contributed by atoms with Crippen molar-refractivity contribution in [2.24, 2.45) is 0 Å². The molecule has 0 saturated carbocycles. The van der Waals surface area contributed by atoms with Crippen LogP contribution in [0.3, 0.4) is 0 Å². The number of carbonyl (C=O) groups is 1. The molecule has 18 heavy (non-hydrogen) atoms. The van der Waals surface area contributed by atoms with Gasteiger partial charge >= 0.3 is 5.97 Å². The van der Waals surface area contributed by atoms with Crippen molar-refractivity contribution in [3.8, 4) is 5.75 Å². The van der Waals surface area contributed by atoms with Crippen LogP contribution in [0.4, 0.5) is 0 Å². The molecule has 5 nitrogen and oxygen atoms in total. The topological polar surface area (TPSA) is 69.7 Å². The number of benzene rings is 1. The molecule has 0 bridgehead atoms. The van der Waals surface area contributed by atoms with Gasteiger partial charge in [0.1, 0.15) is 15.6 Å². The zero-order valence-corrected chi connectivity index (χ0v) is 11.4. The monoisotopic (exact) mass is 272 g/mol. The summed E-state index contributed by atoms with van der Waals surface area (Å²) in [4.78, 5) is 11.7. The molecular weight excluding hydrogens is 256 g/mol. The van der Waals surface area contributed by atoms with Crippen LogP contribution in [-0.4, -0.2) is 40.6 Å². The van der Waals surface area contributed by atoms with Crippen LogP contribution in [0.1, 0.15) is 11.5 Å². The fourth-order valence-electron chi connectivity index (χ4n) is 1.60. The third-order valence-electron chi connectivity index (χ3n) is 2.45. The highest BCUT2D eigenvalue weighted by Gasteiger charge is 2.26. The van der Waals surface area contributed by atoms with Crippen LogP contribution < -0.4 is 4.74 Å². The van der Waals surface area contributed by atoms with E-state index in [4.69, 9.17) is 4.74 Å². The number of ether oxygens (including phenoxy) is 2. The van der Waals surface area contributed by atoms with Crippen LogP contribution in [0.25, 0.3) is 0 Å². The highest BCUT2D eigenvalue weighted by Crippen LogP contribution is 2.23. The van der Waals surface area contributed by atoms with Crippen LogP contribution in [0.5, 0.6) is 5.75 Å². The number of rotatable bonds is 5. The molecule has 0 saturated heterocycles. The van der Waals surface area contributed by atoms with E-state index in [0.717, 1.165) is 6.26 Å². The lowest BCUT2D eigenvalue weighted by molar-refractivity contribution is -0.141. The van der Waals surface area contributed by atoms with Gasteiger partial charge in [-0.2, -0.15) is 0 Å². The zero-order chi connectivity index (χ0) is 13.8. The maximum atomic E-state index is 11.7. The van der Waals surface area contributed by atoms with Crippen molar-refractivity contribution in [3.05, 3.63) is 29.8 Å². The highest BCUT2D eigenvalue weighted by molar-refractivity contribution is 7.90. The van der Waals surface area contributed by atoms with Gasteiger partial charge in [-0.25, -0.2) is 8.42 Å². The largest absolute Gasteiger partial charge is 0.497 e. The quantitative estimate of drug-likeness (QED) is 0.748. The van der Waals surface area contributed by atoms with Gasteiger partial charge < -0.3 is 9.47 Å². The maximum absolute atomic E-state index is 11.7. The van der Waals surface area contributed by atoms with Crippen molar-refractivity contribution in [2.75, 3.05) is 26.2 Å². The molecule has 0 heterocycles. The molecule has 0 radical (unpaired) electrons. The Bertz CT molecular complexity index is 521. The predicted molar refractivity (Wildman–Crippen MR) is 67.5 cm³/mol. The van der Waals surface area contributed by atoms with E-state index in [-0.39, 0.29) is 5.75 Å². The Hall–Kier alpha value is -1.56. The minimum Gasteiger partial charge on any atom is -0.497 e. The lowest BCUT2D eigenvalue weighted by atomic mass is 10.0. The number of sulfone groups is 1. The van der Waals surface area contributed by atoms with Crippen molar-refractivity contribution in [3.63, 3.8) is 0 Å². The van der Waals surface area contributed by atoms with E-state index in [1.807, 2.05) is 0 Å². The van der Waals surface area contributed by atoms with Gasteiger partial charge in [0.15, 0.2) is 0 Å². The van der Waals surface area contributed by atoms with E-state index < -0.39 is 21.7 Å². The van der Waals surface area contributed by atoms with Gasteiger partial charge in [-0.15, -0.1) is 0 Å². The second kappa shape index (κ2) is 5.86. The Morgan fingerprint density at radius 2 is 2.00 bits per heavy atom. The Balaban J connectivity index is 3.12. The van der Waals surface area contributed by atoms with Crippen LogP contribution in [0.2, 0.25) is 0 Å². The third kappa shape index (κ3) is 4.03. The summed E-state index contributed by atoms with van der Waals surface area (Å²) in [6, 6.07) is 6.73. The molecule has 0 aliphatic carbocycles. The second-order valence-electron chi connectivity index (χ2n) is 3.94. The van der Waals surface area contributed by atoms with Gasteiger partial charge in [-0.05, 0) is 17.7 Å². The Labute approximate surface area is 107 Å². The van der Waals surface area contributed by atoms with Crippen molar-refractivity contribution in [1.29, 1.82) is 0 Å². The van der Waals surface area contributed by atoms with Crippen molar-refractivity contribution in [2.45, 2.75) is 5.92 Å². The first-order valence-corrected chi connectivity index (χ1v) is 7.33. The minimum absolute atomic E-state index is 0.285. The molecule has 0 amide bonds. The molecule has 100 valence electrons. The van der Waals surface area contributed by atoms with E-state index >= 15 is 0 Å². The summed E-state index contributed by atoms with van der Waals surface area (Å²) in [7, 11) is -0.551. The maximum Gasteiger partial charge on any atom is 0.314 e. The molecule has 0 N–H and O–H groups in total. The summed E-state index contributed by atoms with van der Waals surface area (Å²) in [6.45, 7) is 0. The molecule has 1 aromatic rings. The minimum atomic E-state index is -3.29. The summed E-state index contributed by atoms with van der Waals surface area (Å²) in [5.74, 6) is -1.13. The van der Waals surface area contributed by atoms with Crippen LogP contribution in [0.15, 0.2) is 24.3 Å². The first-order valence-electron chi connectivity index (χ1n) is 5.27. The van der Waals surface area contributed by atoms with Crippen molar-refractivity contribution in [1.82, 2.24) is 0 Å². The number of esters is 1. The average molecular weight is 272 g/mol. The molecule has 1 rings (SSSR count). The van der Waals surface area contributed by atoms with Gasteiger partial charge in [-0.1, -0.05) is 12.1 Å². The second-order valence-corrected chi connectivity index (χ2v) is 6.13. The van der Waals surface area contributed by atoms with E-state index in [1.165, 1.54) is 14.2 Å². The summed E-state index contributed by atoms with van der Waals surface area (Å²) in [6.07, 6.45) is 1.09. The first kappa shape index (κ1) is 14.5. The van der Waals surface area contributed by atoms with Gasteiger partial charge in [0.2, 0.25) is 0 Å². The summed E-state index contributed by atoms with van der Waals surface area (Å²) in [5.41, 5.74) is 0.562. The molecule has 0 aliphatic rings. The number of hydrogen-bond acceptors (Lipinski definition) is 5. The number of methoxy groups -OCH3 is 2. The molecule has 0 fully saturated rings. The fraction of sp³-hybridized carbons (Fsp3) is 0.417. The van der Waals surface area contributed by atoms with Crippen molar-refractivity contribution >= 4 is 15.8 Å². The average Bonchev–Trinajstić information content (AvgIpc) is 2.34. The highest BCUT2D eigenvalue weighted by atomic mass is 32.2. The lowest BCUT2D eigenvalue weighted by Gasteiger charge is -2.14. The van der Waals surface area contributed by atoms with Gasteiger partial charge in [0, 0.05) is 6.26 Å². The molecule has 0 aromatic heterocycles. The van der Waals surface area contributed by atoms with Gasteiger partial charge in [0.05, 0.1) is 25.9 Å². The van der Waals surface area contributed by atoms with Gasteiger partial charge in [-0.3, -0.25) is 4.79 Å². The Kier molecular flexibility index (Phi) is 4.72. The summed E-state index contributed by atoms with van der Waals surface area (Å²) in [5, 5.41) is 0. The van der Waals surface area contributed by atoms with E-state index in [9.17, 15) is 13.2 Å². The molecular formula is C12H16O5S. The molecule has 1 atom stereocenters. The molecule has 1 unspecified atom stereocenters. The van der Waals surface area contributed by atoms with Crippen LogP contribution >= 0.6 is 0 Å². The van der Waals surface area contributed by atoms with E-state index in [2.05, 4.69) is 4.74 Å². The normalized spacial score (nSPS) is 12.8. The van der Waals surface area contributed by atoms with E-state index in [0.29, 0.717) is 11.3 Å². The van der Waals surface area contributed by atoms with E-state index in [1.54, 1.807) is 24.3 Å². The molecule has 0 aliphatic heterocycles. The predicted octanol–water partition coefficient (Wildman–Crippen LogP) is 0.996. The number of hydrogen-bond donors (Lipinski definition) is 0. The van der Waals surface area contributed by atoms with Crippen molar-refractivity contribution < 1.29 is 22.7 Å². The smallest absolute Gasteiger partial charge is 0.314 e. The van der Waals surface area contributed by atoms with Gasteiger partial charge in [0.25, 0.3) is 0 Å². The number of carbonyl (C=O) groups excluding carboxylic acids is 1. The molecule has 1 aromatic carbocycles. The molecule has 6 heteroatoms. The zero-order valence-electron chi connectivity index (χ0n) is 10.5. The SMILES string of the molecule is COC(=O)C(CS(C)(=O)=O)c1cccc(OC)c1. The third-order valence-corrected chi connectivity index (χ3v) is 3.39. The fourth-order valence-corrected chi connectivity index (χ4v) is 2.54. The summed E-state index contributed by atoms with van der Waals surface area (Å²) < 4.78 is 32.4. The summed E-state index contributed by atoms with van der Waals surface area (Å²) >= 11 is 0. The molecule has 0 spiro atoms. The first-order chi connectivity index (χ1) is 8.37. The lowest BCUT2D eigenvalue weighted by Crippen LogP contribution is -2.22. The Morgan fingerprint density at radius 1 is 1.33 bits per heavy atom. The Morgan fingerprint density at radius 3 is 2.50 bits per heavy atom. The van der Waals surface area contributed by atoms with Crippen LogP contribution in [-0.2, 0) is 19.4 Å².